The molecule has 1 amide bonds. The number of ether oxygens (including phenoxy) is 3. The normalized spacial score (nSPS) is 27.5. The minimum absolute atomic E-state index is 0.0257. The Kier molecular flexibility index (Phi) is 4.95. The van der Waals surface area contributed by atoms with E-state index in [4.69, 9.17) is 14.2 Å². The second-order valence-corrected chi connectivity index (χ2v) is 5.75. The van der Waals surface area contributed by atoms with Crippen molar-refractivity contribution in [2.75, 3.05) is 26.9 Å². The molecule has 1 heterocycles. The lowest BCUT2D eigenvalue weighted by molar-refractivity contribution is -0.150. The number of fused-ring (bicyclic) bond motifs is 1. The third-order valence-corrected chi connectivity index (χ3v) is 4.49. The maximum atomic E-state index is 12.5. The highest BCUT2D eigenvalue weighted by molar-refractivity contribution is 5.77. The van der Waals surface area contributed by atoms with Crippen LogP contribution in [-0.2, 0) is 14.3 Å². The van der Waals surface area contributed by atoms with Gasteiger partial charge >= 0.3 is 0 Å². The average Bonchev–Trinajstić information content (AvgIpc) is 2.99. The van der Waals surface area contributed by atoms with E-state index < -0.39 is 0 Å². The molecule has 0 bridgehead atoms. The number of carbonyl (C=O) groups is 1. The fraction of sp³-hybridized carbons (Fsp3) is 0.588. The minimum Gasteiger partial charge on any atom is -0.493 e. The lowest BCUT2D eigenvalue weighted by Gasteiger charge is -2.39. The molecule has 1 aromatic rings. The third kappa shape index (κ3) is 3.25. The van der Waals surface area contributed by atoms with Crippen LogP contribution in [0.15, 0.2) is 30.3 Å². The van der Waals surface area contributed by atoms with Gasteiger partial charge in [0.25, 0.3) is 0 Å². The topological polar surface area (TPSA) is 48.0 Å². The van der Waals surface area contributed by atoms with E-state index in [2.05, 4.69) is 0 Å². The van der Waals surface area contributed by atoms with Gasteiger partial charge in [-0.05, 0) is 25.0 Å². The predicted octanol–water partition coefficient (Wildman–Crippen LogP) is 1.86. The number of nitrogens with zero attached hydrogens (tertiary/aromatic N) is 1. The summed E-state index contributed by atoms with van der Waals surface area (Å²) in [6, 6.07) is 9.74. The molecule has 3 rings (SSSR count). The van der Waals surface area contributed by atoms with Crippen LogP contribution >= 0.6 is 0 Å². The van der Waals surface area contributed by atoms with Gasteiger partial charge in [-0.25, -0.2) is 0 Å². The standard InChI is InChI=1S/C17H23NO4/c1-20-15-8-7-14-17(15)22-12-10-18(14)16(19)9-11-21-13-5-3-2-4-6-13/h2-6,14-15,17H,7-12H2,1H3/t14-,15+,17+/m0/s1. The van der Waals surface area contributed by atoms with E-state index in [1.54, 1.807) is 7.11 Å². The molecule has 0 spiro atoms. The lowest BCUT2D eigenvalue weighted by atomic mass is 10.1. The number of carbonyl (C=O) groups excluding carboxylic acids is 1. The second kappa shape index (κ2) is 7.11. The van der Waals surface area contributed by atoms with Gasteiger partial charge in [-0.15, -0.1) is 0 Å². The summed E-state index contributed by atoms with van der Waals surface area (Å²) in [4.78, 5) is 14.4. The number of hydrogen-bond donors (Lipinski definition) is 0. The highest BCUT2D eigenvalue weighted by atomic mass is 16.5. The van der Waals surface area contributed by atoms with Crippen LogP contribution in [0, 0.1) is 0 Å². The zero-order chi connectivity index (χ0) is 15.4. The van der Waals surface area contributed by atoms with Gasteiger partial charge in [0.1, 0.15) is 11.9 Å². The summed E-state index contributed by atoms with van der Waals surface area (Å²) in [7, 11) is 1.71. The number of morpholine rings is 1. The fourth-order valence-electron chi connectivity index (χ4n) is 3.39. The van der Waals surface area contributed by atoms with Gasteiger partial charge in [-0.3, -0.25) is 4.79 Å². The molecule has 1 saturated heterocycles. The van der Waals surface area contributed by atoms with Gasteiger partial charge in [0, 0.05) is 13.7 Å². The zero-order valence-corrected chi connectivity index (χ0v) is 12.9. The molecule has 1 aliphatic carbocycles. The van der Waals surface area contributed by atoms with E-state index in [1.807, 2.05) is 35.2 Å². The van der Waals surface area contributed by atoms with E-state index in [9.17, 15) is 4.79 Å². The highest BCUT2D eigenvalue weighted by Gasteiger charge is 2.44. The molecule has 120 valence electrons. The molecule has 1 aromatic carbocycles. The van der Waals surface area contributed by atoms with Crippen molar-refractivity contribution in [2.24, 2.45) is 0 Å². The first-order chi connectivity index (χ1) is 10.8. The van der Waals surface area contributed by atoms with Gasteiger partial charge in [-0.1, -0.05) is 18.2 Å². The largest absolute Gasteiger partial charge is 0.493 e. The maximum absolute atomic E-state index is 12.5. The number of para-hydroxylation sites is 1. The Hall–Kier alpha value is -1.59. The number of methoxy groups -OCH3 is 1. The molecule has 0 N–H and O–H groups in total. The van der Waals surface area contributed by atoms with Crippen LogP contribution in [0.1, 0.15) is 19.3 Å². The Morgan fingerprint density at radius 2 is 2.14 bits per heavy atom. The van der Waals surface area contributed by atoms with Crippen LogP contribution in [-0.4, -0.2) is 55.9 Å². The molecule has 2 aliphatic rings. The van der Waals surface area contributed by atoms with Gasteiger partial charge in [0.2, 0.25) is 5.91 Å². The smallest absolute Gasteiger partial charge is 0.226 e. The van der Waals surface area contributed by atoms with Crippen molar-refractivity contribution in [2.45, 2.75) is 37.5 Å². The highest BCUT2D eigenvalue weighted by Crippen LogP contribution is 2.32. The maximum Gasteiger partial charge on any atom is 0.226 e. The molecule has 0 aromatic heterocycles. The van der Waals surface area contributed by atoms with Crippen molar-refractivity contribution in [3.05, 3.63) is 30.3 Å². The first-order valence-corrected chi connectivity index (χ1v) is 7.91. The Morgan fingerprint density at radius 3 is 2.91 bits per heavy atom. The first-order valence-electron chi connectivity index (χ1n) is 7.91. The number of amides is 1. The summed E-state index contributed by atoms with van der Waals surface area (Å²) in [5, 5.41) is 0. The second-order valence-electron chi connectivity index (χ2n) is 5.75. The molecule has 1 saturated carbocycles. The molecule has 2 fully saturated rings. The Bertz CT molecular complexity index is 493. The van der Waals surface area contributed by atoms with Crippen LogP contribution in [0.3, 0.4) is 0 Å². The van der Waals surface area contributed by atoms with Crippen LogP contribution in [0.25, 0.3) is 0 Å². The summed E-state index contributed by atoms with van der Waals surface area (Å²) in [5.74, 6) is 0.946. The quantitative estimate of drug-likeness (QED) is 0.833. The molecule has 1 aliphatic heterocycles. The molecule has 3 atom stereocenters. The average molecular weight is 305 g/mol. The van der Waals surface area contributed by atoms with Crippen molar-refractivity contribution in [3.8, 4) is 5.75 Å². The van der Waals surface area contributed by atoms with Crippen molar-refractivity contribution in [1.29, 1.82) is 0 Å². The molecule has 0 radical (unpaired) electrons. The van der Waals surface area contributed by atoms with Crippen LogP contribution in [0.2, 0.25) is 0 Å². The summed E-state index contributed by atoms with van der Waals surface area (Å²) < 4.78 is 16.9. The molecule has 0 unspecified atom stereocenters. The van der Waals surface area contributed by atoms with E-state index in [1.165, 1.54) is 0 Å². The summed E-state index contributed by atoms with van der Waals surface area (Å²) in [5.41, 5.74) is 0. The summed E-state index contributed by atoms with van der Waals surface area (Å²) in [6.45, 7) is 1.67. The Balaban J connectivity index is 1.51. The molecule has 5 heteroatoms. The summed E-state index contributed by atoms with van der Waals surface area (Å²) in [6.07, 6.45) is 2.44. The summed E-state index contributed by atoms with van der Waals surface area (Å²) >= 11 is 0. The third-order valence-electron chi connectivity index (χ3n) is 4.49. The molecular formula is C17H23NO4. The monoisotopic (exact) mass is 305 g/mol. The Labute approximate surface area is 131 Å². The van der Waals surface area contributed by atoms with E-state index in [0.717, 1.165) is 18.6 Å². The SMILES string of the molecule is CO[C@@H]1CC[C@H]2[C@H]1OCCN2C(=O)CCOc1ccccc1. The number of benzene rings is 1. The van der Waals surface area contributed by atoms with Gasteiger partial charge in [0.15, 0.2) is 0 Å². The van der Waals surface area contributed by atoms with Crippen molar-refractivity contribution in [1.82, 2.24) is 4.90 Å². The predicted molar refractivity (Wildman–Crippen MR) is 81.8 cm³/mol. The Morgan fingerprint density at radius 1 is 1.32 bits per heavy atom. The molecule has 22 heavy (non-hydrogen) atoms. The number of hydrogen-bond acceptors (Lipinski definition) is 4. The van der Waals surface area contributed by atoms with E-state index in [-0.39, 0.29) is 24.2 Å². The van der Waals surface area contributed by atoms with Crippen molar-refractivity contribution >= 4 is 5.91 Å². The van der Waals surface area contributed by atoms with Gasteiger partial charge < -0.3 is 19.1 Å². The van der Waals surface area contributed by atoms with Gasteiger partial charge in [-0.2, -0.15) is 0 Å². The zero-order valence-electron chi connectivity index (χ0n) is 12.9. The van der Waals surface area contributed by atoms with E-state index >= 15 is 0 Å². The van der Waals surface area contributed by atoms with E-state index in [0.29, 0.717) is 26.2 Å². The molecular weight excluding hydrogens is 282 g/mol. The minimum atomic E-state index is 0.0257. The number of rotatable bonds is 5. The van der Waals surface area contributed by atoms with Crippen LogP contribution < -0.4 is 4.74 Å². The van der Waals surface area contributed by atoms with Crippen LogP contribution in [0.5, 0.6) is 5.75 Å². The van der Waals surface area contributed by atoms with Gasteiger partial charge in [0.05, 0.1) is 31.8 Å². The van der Waals surface area contributed by atoms with Crippen LogP contribution in [0.4, 0.5) is 0 Å². The first kappa shape index (κ1) is 15.3. The fourth-order valence-corrected chi connectivity index (χ4v) is 3.39. The lowest BCUT2D eigenvalue weighted by Crippen LogP contribution is -2.54. The molecule has 5 nitrogen and oxygen atoms in total. The van der Waals surface area contributed by atoms with Crippen molar-refractivity contribution < 1.29 is 19.0 Å². The van der Waals surface area contributed by atoms with Crippen molar-refractivity contribution in [3.63, 3.8) is 0 Å².